The maximum atomic E-state index is 15.3. The molecule has 2 aromatic heterocycles. The number of nitrogens with zero attached hydrogens (tertiary/aromatic N) is 4. The third kappa shape index (κ3) is 7.92. The zero-order chi connectivity index (χ0) is 49.0. The third-order valence-electron chi connectivity index (χ3n) is 13.7. The molecule has 68 heavy (non-hydrogen) atoms. The molecule has 0 spiro atoms. The number of rotatable bonds is 4. The number of fused-ring (bicyclic) bond motifs is 6. The van der Waals surface area contributed by atoms with Crippen molar-refractivity contribution in [1.82, 2.24) is 9.13 Å². The molecule has 7 aromatic carbocycles. The van der Waals surface area contributed by atoms with Crippen LogP contribution < -0.4 is 0 Å². The number of benzene rings is 7. The summed E-state index contributed by atoms with van der Waals surface area (Å²) in [4.78, 5) is 0. The Labute approximate surface area is 397 Å². The van der Waals surface area contributed by atoms with Crippen molar-refractivity contribution in [3.63, 3.8) is 0 Å². The Kier molecular flexibility index (Phi) is 10.7. The third-order valence-corrected chi connectivity index (χ3v) is 13.7. The minimum atomic E-state index is -4.78. The summed E-state index contributed by atoms with van der Waals surface area (Å²) in [5.74, 6) is 0. The molecule has 0 unspecified atom stereocenters. The second-order valence-electron chi connectivity index (χ2n) is 22.5. The van der Waals surface area contributed by atoms with Gasteiger partial charge in [0.1, 0.15) is 0 Å². The van der Waals surface area contributed by atoms with Crippen molar-refractivity contribution in [2.75, 3.05) is 0 Å². The highest BCUT2D eigenvalue weighted by Gasteiger charge is 2.35. The average Bonchev–Trinajstić information content (AvgIpc) is 3.78. The van der Waals surface area contributed by atoms with E-state index in [0.717, 1.165) is 55.4 Å². The van der Waals surface area contributed by atoms with Gasteiger partial charge in [-0.1, -0.05) is 119 Å². The maximum absolute atomic E-state index is 15.3. The highest BCUT2D eigenvalue weighted by atomic mass is 19.4. The molecular formula is C61H57F3N4. The largest absolute Gasteiger partial charge is 0.417 e. The lowest BCUT2D eigenvalue weighted by atomic mass is 9.85. The standard InChI is InChI=1S/C61H57F3N4/c1-57(2,3)38-15-23-52-47(29-38)48-30-39(58(4,5)6)16-24-53(48)67(52)42-19-21-43(44-20-13-37(35-66)28-51(44)61(62,63)64)45(33-42)46-27-36(34-65)14-22-54(46)68-55-25-17-40(59(7,8)9)31-49(55)50-32-41(60(10,11)12)18-26-56(50)68/h13-33H,1-12H3. The fraction of sp³-hybridized carbons (Fsp3) is 0.279. The van der Waals surface area contributed by atoms with E-state index in [0.29, 0.717) is 27.9 Å². The van der Waals surface area contributed by atoms with Gasteiger partial charge in [0, 0.05) is 32.8 Å². The zero-order valence-electron chi connectivity index (χ0n) is 41.0. The van der Waals surface area contributed by atoms with Crippen LogP contribution in [0.2, 0.25) is 0 Å². The first kappa shape index (κ1) is 46.0. The van der Waals surface area contributed by atoms with Gasteiger partial charge in [-0.05, 0) is 152 Å². The van der Waals surface area contributed by atoms with Crippen molar-refractivity contribution in [3.05, 3.63) is 166 Å². The number of halogens is 3. The lowest BCUT2D eigenvalue weighted by molar-refractivity contribution is -0.137. The summed E-state index contributed by atoms with van der Waals surface area (Å²) in [6, 6.07) is 45.5. The molecule has 0 saturated heterocycles. The van der Waals surface area contributed by atoms with Crippen LogP contribution in [0.15, 0.2) is 127 Å². The van der Waals surface area contributed by atoms with Gasteiger partial charge in [-0.3, -0.25) is 0 Å². The molecule has 0 saturated carbocycles. The Bertz CT molecular complexity index is 3470. The quantitative estimate of drug-likeness (QED) is 0.177. The van der Waals surface area contributed by atoms with Gasteiger partial charge in [0.15, 0.2) is 0 Å². The Morgan fingerprint density at radius 2 is 0.750 bits per heavy atom. The van der Waals surface area contributed by atoms with Crippen LogP contribution in [0.25, 0.3) is 77.2 Å². The average molecular weight is 903 g/mol. The molecular weight excluding hydrogens is 846 g/mol. The monoisotopic (exact) mass is 902 g/mol. The topological polar surface area (TPSA) is 57.4 Å². The maximum Gasteiger partial charge on any atom is 0.417 e. The van der Waals surface area contributed by atoms with E-state index in [1.165, 1.54) is 34.4 Å². The summed E-state index contributed by atoms with van der Waals surface area (Å²) in [5, 5.41) is 24.6. The van der Waals surface area contributed by atoms with Crippen molar-refractivity contribution >= 4 is 43.6 Å². The molecule has 0 atom stereocenters. The number of nitriles is 2. The highest BCUT2D eigenvalue weighted by molar-refractivity contribution is 6.12. The summed E-state index contributed by atoms with van der Waals surface area (Å²) in [6.07, 6.45) is -4.78. The van der Waals surface area contributed by atoms with Crippen LogP contribution in [0.1, 0.15) is 122 Å². The van der Waals surface area contributed by atoms with Crippen LogP contribution >= 0.6 is 0 Å². The molecule has 0 bridgehead atoms. The predicted octanol–water partition coefficient (Wildman–Crippen LogP) is 17.2. The summed E-state index contributed by atoms with van der Waals surface area (Å²) in [7, 11) is 0. The Hall–Kier alpha value is -7.09. The van der Waals surface area contributed by atoms with Crippen LogP contribution in [0.3, 0.4) is 0 Å². The summed E-state index contributed by atoms with van der Waals surface area (Å²) in [6.45, 7) is 26.4. The first-order valence-corrected chi connectivity index (χ1v) is 23.3. The van der Waals surface area contributed by atoms with E-state index in [1.807, 2.05) is 24.3 Å². The molecule has 0 aliphatic carbocycles. The smallest absolute Gasteiger partial charge is 0.309 e. The molecule has 0 N–H and O–H groups in total. The molecule has 0 aliphatic heterocycles. The minimum absolute atomic E-state index is 0.0647. The highest BCUT2D eigenvalue weighted by Crippen LogP contribution is 2.47. The fourth-order valence-electron chi connectivity index (χ4n) is 9.68. The SMILES string of the molecule is CC(C)(C)c1ccc2c(c1)c1cc(C(C)(C)C)ccc1n2-c1ccc(-c2ccc(C#N)cc2C(F)(F)F)c(-c2cc(C#N)ccc2-n2c3ccc(C(C)(C)C)cc3c3cc(C(C)(C)C)ccc32)c1. The van der Waals surface area contributed by atoms with Crippen LogP contribution in [-0.4, -0.2) is 9.13 Å². The lowest BCUT2D eigenvalue weighted by Crippen LogP contribution is -2.10. The van der Waals surface area contributed by atoms with Gasteiger partial charge in [0.2, 0.25) is 0 Å². The lowest BCUT2D eigenvalue weighted by Gasteiger charge is -2.22. The Morgan fingerprint density at radius 1 is 0.368 bits per heavy atom. The number of hydrogen-bond acceptors (Lipinski definition) is 2. The van der Waals surface area contributed by atoms with Gasteiger partial charge < -0.3 is 9.13 Å². The fourth-order valence-corrected chi connectivity index (χ4v) is 9.68. The van der Waals surface area contributed by atoms with Crippen molar-refractivity contribution < 1.29 is 13.2 Å². The molecule has 4 nitrogen and oxygen atoms in total. The first-order chi connectivity index (χ1) is 31.8. The molecule has 2 heterocycles. The van der Waals surface area contributed by atoms with Gasteiger partial charge >= 0.3 is 6.18 Å². The van der Waals surface area contributed by atoms with Crippen molar-refractivity contribution in [1.29, 1.82) is 10.5 Å². The Balaban J connectivity index is 1.43. The van der Waals surface area contributed by atoms with Crippen LogP contribution in [-0.2, 0) is 27.8 Å². The van der Waals surface area contributed by atoms with Gasteiger partial charge in [-0.15, -0.1) is 0 Å². The van der Waals surface area contributed by atoms with E-state index >= 15 is 13.2 Å². The molecule has 0 amide bonds. The summed E-state index contributed by atoms with van der Waals surface area (Å²) >= 11 is 0. The van der Waals surface area contributed by atoms with E-state index in [-0.39, 0.29) is 32.8 Å². The van der Waals surface area contributed by atoms with Crippen molar-refractivity contribution in [2.45, 2.75) is 111 Å². The normalized spacial score (nSPS) is 12.9. The first-order valence-electron chi connectivity index (χ1n) is 23.3. The summed E-state index contributed by atoms with van der Waals surface area (Å²) < 4.78 is 50.3. The van der Waals surface area contributed by atoms with E-state index in [2.05, 4.69) is 171 Å². The molecule has 9 rings (SSSR count). The second-order valence-corrected chi connectivity index (χ2v) is 22.5. The number of alkyl halides is 3. The van der Waals surface area contributed by atoms with Gasteiger partial charge in [0.25, 0.3) is 0 Å². The van der Waals surface area contributed by atoms with E-state index in [4.69, 9.17) is 0 Å². The molecule has 0 radical (unpaired) electrons. The Morgan fingerprint density at radius 3 is 1.15 bits per heavy atom. The van der Waals surface area contributed by atoms with Crippen molar-refractivity contribution in [3.8, 4) is 45.8 Å². The van der Waals surface area contributed by atoms with E-state index < -0.39 is 11.7 Å². The number of aromatic nitrogens is 2. The van der Waals surface area contributed by atoms with Crippen LogP contribution in [0, 0.1) is 22.7 Å². The number of hydrogen-bond donors (Lipinski definition) is 0. The summed E-state index contributed by atoms with van der Waals surface area (Å²) in [5.41, 5.74) is 10.2. The predicted molar refractivity (Wildman–Crippen MR) is 275 cm³/mol. The van der Waals surface area contributed by atoms with E-state index in [9.17, 15) is 10.5 Å². The minimum Gasteiger partial charge on any atom is -0.309 e. The molecule has 9 aromatic rings. The van der Waals surface area contributed by atoms with Gasteiger partial charge in [0.05, 0.1) is 56.6 Å². The second kappa shape index (κ2) is 15.7. The van der Waals surface area contributed by atoms with E-state index in [1.54, 1.807) is 18.2 Å². The van der Waals surface area contributed by atoms with Crippen LogP contribution in [0.5, 0.6) is 0 Å². The zero-order valence-corrected chi connectivity index (χ0v) is 41.0. The van der Waals surface area contributed by atoms with Gasteiger partial charge in [-0.25, -0.2) is 0 Å². The van der Waals surface area contributed by atoms with Crippen LogP contribution in [0.4, 0.5) is 13.2 Å². The molecule has 0 aliphatic rings. The molecule has 0 fully saturated rings. The van der Waals surface area contributed by atoms with Gasteiger partial charge in [-0.2, -0.15) is 23.7 Å². The van der Waals surface area contributed by atoms with Crippen molar-refractivity contribution in [2.24, 2.45) is 0 Å². The molecule has 342 valence electrons. The molecule has 7 heteroatoms.